The third kappa shape index (κ3) is 2.30. The zero-order chi connectivity index (χ0) is 9.84. The van der Waals surface area contributed by atoms with Crippen LogP contribution in [0.4, 0.5) is 0 Å². The van der Waals surface area contributed by atoms with Crippen LogP contribution in [0.5, 0.6) is 0 Å². The van der Waals surface area contributed by atoms with Crippen LogP contribution in [0.15, 0.2) is 18.2 Å². The van der Waals surface area contributed by atoms with Crippen molar-refractivity contribution in [2.45, 2.75) is 13.3 Å². The number of nitriles is 1. The van der Waals surface area contributed by atoms with E-state index in [0.717, 1.165) is 11.1 Å². The lowest BCUT2D eigenvalue weighted by molar-refractivity contribution is 1.31. The Morgan fingerprint density at radius 1 is 1.62 bits per heavy atom. The average molecular weight is 193 g/mol. The van der Waals surface area contributed by atoms with Crippen LogP contribution in [-0.2, 0) is 0 Å². The molecule has 0 amide bonds. The van der Waals surface area contributed by atoms with Crippen molar-refractivity contribution in [1.29, 1.82) is 10.7 Å². The molecular formula is C10H9ClN2. The predicted molar refractivity (Wildman–Crippen MR) is 53.2 cm³/mol. The van der Waals surface area contributed by atoms with Crippen molar-refractivity contribution >= 4 is 17.3 Å². The summed E-state index contributed by atoms with van der Waals surface area (Å²) in [4.78, 5) is 0. The van der Waals surface area contributed by atoms with Gasteiger partial charge in [0.25, 0.3) is 0 Å². The monoisotopic (exact) mass is 192 g/mol. The van der Waals surface area contributed by atoms with E-state index in [9.17, 15) is 0 Å². The first kappa shape index (κ1) is 9.76. The Morgan fingerprint density at radius 2 is 2.31 bits per heavy atom. The van der Waals surface area contributed by atoms with Crippen LogP contribution in [0.1, 0.15) is 17.5 Å². The van der Waals surface area contributed by atoms with Crippen LogP contribution < -0.4 is 0 Å². The minimum absolute atomic E-state index is 0.126. The van der Waals surface area contributed by atoms with Crippen LogP contribution in [0.3, 0.4) is 0 Å². The normalized spacial score (nSPS) is 9.31. The molecule has 0 aromatic heterocycles. The Kier molecular flexibility index (Phi) is 3.05. The quantitative estimate of drug-likeness (QED) is 0.720. The highest BCUT2D eigenvalue weighted by atomic mass is 35.5. The average Bonchev–Trinajstić information content (AvgIpc) is 2.09. The Labute approximate surface area is 82.3 Å². The second-order valence-electron chi connectivity index (χ2n) is 2.77. The molecule has 0 bridgehead atoms. The second kappa shape index (κ2) is 4.06. The van der Waals surface area contributed by atoms with Gasteiger partial charge < -0.3 is 5.41 Å². The van der Waals surface area contributed by atoms with E-state index in [0.29, 0.717) is 10.7 Å². The van der Waals surface area contributed by atoms with Gasteiger partial charge in [0.15, 0.2) is 0 Å². The number of hydrogen-bond donors (Lipinski definition) is 1. The van der Waals surface area contributed by atoms with E-state index in [4.69, 9.17) is 22.3 Å². The van der Waals surface area contributed by atoms with Crippen LogP contribution in [0.2, 0.25) is 5.02 Å². The summed E-state index contributed by atoms with van der Waals surface area (Å²) in [7, 11) is 0. The molecule has 1 aromatic carbocycles. The van der Waals surface area contributed by atoms with Gasteiger partial charge >= 0.3 is 0 Å². The van der Waals surface area contributed by atoms with E-state index in [2.05, 4.69) is 0 Å². The number of benzene rings is 1. The number of nitrogens with one attached hydrogen (secondary N) is 1. The summed E-state index contributed by atoms with van der Waals surface area (Å²) in [5.74, 6) is 0. The van der Waals surface area contributed by atoms with Crippen molar-refractivity contribution in [2.24, 2.45) is 0 Å². The maximum atomic E-state index is 8.43. The molecule has 1 aromatic rings. The summed E-state index contributed by atoms with van der Waals surface area (Å²) < 4.78 is 0. The minimum atomic E-state index is 0.126. The van der Waals surface area contributed by atoms with E-state index >= 15 is 0 Å². The molecule has 0 fully saturated rings. The van der Waals surface area contributed by atoms with Crippen molar-refractivity contribution in [1.82, 2.24) is 0 Å². The summed E-state index contributed by atoms with van der Waals surface area (Å²) in [6.07, 6.45) is 0.126. The number of halogens is 1. The molecule has 1 rings (SSSR count). The van der Waals surface area contributed by atoms with E-state index in [1.165, 1.54) is 0 Å². The van der Waals surface area contributed by atoms with Gasteiger partial charge in [-0.05, 0) is 24.6 Å². The van der Waals surface area contributed by atoms with Crippen molar-refractivity contribution < 1.29 is 0 Å². The van der Waals surface area contributed by atoms with Gasteiger partial charge in [-0.25, -0.2) is 0 Å². The fraction of sp³-hybridized carbons (Fsp3) is 0.200. The van der Waals surface area contributed by atoms with E-state index < -0.39 is 0 Å². The molecule has 0 aliphatic heterocycles. The Bertz CT molecular complexity index is 377. The first-order valence-electron chi connectivity index (χ1n) is 3.86. The Balaban J connectivity index is 3.07. The SMILES string of the molecule is Cc1ccc(Cl)cc1C(=N)CC#N. The van der Waals surface area contributed by atoms with Gasteiger partial charge in [0.1, 0.15) is 0 Å². The largest absolute Gasteiger partial charge is 0.304 e. The van der Waals surface area contributed by atoms with Crippen molar-refractivity contribution in [3.8, 4) is 6.07 Å². The van der Waals surface area contributed by atoms with Crippen LogP contribution in [0.25, 0.3) is 0 Å². The Morgan fingerprint density at radius 3 is 2.92 bits per heavy atom. The molecule has 66 valence electrons. The van der Waals surface area contributed by atoms with E-state index in [1.807, 2.05) is 19.1 Å². The molecule has 0 aliphatic carbocycles. The van der Waals surface area contributed by atoms with Gasteiger partial charge in [-0.15, -0.1) is 0 Å². The topological polar surface area (TPSA) is 47.6 Å². The molecule has 13 heavy (non-hydrogen) atoms. The number of rotatable bonds is 2. The molecule has 0 heterocycles. The van der Waals surface area contributed by atoms with Gasteiger partial charge in [-0.2, -0.15) is 5.26 Å². The fourth-order valence-electron chi connectivity index (χ4n) is 1.09. The first-order valence-corrected chi connectivity index (χ1v) is 4.24. The summed E-state index contributed by atoms with van der Waals surface area (Å²) in [6, 6.07) is 7.29. The van der Waals surface area contributed by atoms with E-state index in [1.54, 1.807) is 12.1 Å². The summed E-state index contributed by atoms with van der Waals surface area (Å²) >= 11 is 5.78. The van der Waals surface area contributed by atoms with Gasteiger partial charge in [0.05, 0.1) is 18.2 Å². The lowest BCUT2D eigenvalue weighted by Gasteiger charge is -2.04. The molecule has 1 N–H and O–H groups in total. The molecule has 0 atom stereocenters. The third-order valence-corrected chi connectivity index (χ3v) is 2.02. The molecular weight excluding hydrogens is 184 g/mol. The number of aryl methyl sites for hydroxylation is 1. The molecule has 0 saturated carbocycles. The van der Waals surface area contributed by atoms with Crippen LogP contribution >= 0.6 is 11.6 Å². The Hall–Kier alpha value is -1.33. The van der Waals surface area contributed by atoms with Gasteiger partial charge in [-0.3, -0.25) is 0 Å². The molecule has 0 radical (unpaired) electrons. The first-order chi connectivity index (χ1) is 6.15. The van der Waals surface area contributed by atoms with Crippen molar-refractivity contribution in [2.75, 3.05) is 0 Å². The van der Waals surface area contributed by atoms with Crippen LogP contribution in [0, 0.1) is 23.7 Å². The molecule has 0 saturated heterocycles. The summed E-state index contributed by atoms with van der Waals surface area (Å²) in [6.45, 7) is 1.90. The van der Waals surface area contributed by atoms with Crippen LogP contribution in [-0.4, -0.2) is 5.71 Å². The highest BCUT2D eigenvalue weighted by molar-refractivity contribution is 6.31. The maximum Gasteiger partial charge on any atom is 0.0773 e. The van der Waals surface area contributed by atoms with Crippen molar-refractivity contribution in [3.63, 3.8) is 0 Å². The minimum Gasteiger partial charge on any atom is -0.304 e. The second-order valence-corrected chi connectivity index (χ2v) is 3.21. The number of nitrogens with zero attached hydrogens (tertiary/aromatic N) is 1. The summed E-state index contributed by atoms with van der Waals surface area (Å²) in [5.41, 5.74) is 2.06. The lowest BCUT2D eigenvalue weighted by atomic mass is 10.0. The van der Waals surface area contributed by atoms with Gasteiger partial charge in [0, 0.05) is 10.6 Å². The van der Waals surface area contributed by atoms with Crippen molar-refractivity contribution in [3.05, 3.63) is 34.3 Å². The smallest absolute Gasteiger partial charge is 0.0773 e. The van der Waals surface area contributed by atoms with Gasteiger partial charge in [-0.1, -0.05) is 17.7 Å². The highest BCUT2D eigenvalue weighted by Gasteiger charge is 2.04. The zero-order valence-electron chi connectivity index (χ0n) is 7.26. The van der Waals surface area contributed by atoms with E-state index in [-0.39, 0.29) is 6.42 Å². The van der Waals surface area contributed by atoms with Gasteiger partial charge in [0.2, 0.25) is 0 Å². The lowest BCUT2D eigenvalue weighted by Crippen LogP contribution is -2.00. The number of hydrogen-bond acceptors (Lipinski definition) is 2. The highest BCUT2D eigenvalue weighted by Crippen LogP contribution is 2.16. The standard InChI is InChI=1S/C10H9ClN2/c1-7-2-3-8(11)6-9(7)10(13)4-5-12/h2-3,6,13H,4H2,1H3. The third-order valence-electron chi connectivity index (χ3n) is 1.78. The zero-order valence-corrected chi connectivity index (χ0v) is 8.02. The molecule has 0 aliphatic rings. The predicted octanol–water partition coefficient (Wildman–Crippen LogP) is 2.93. The molecule has 3 heteroatoms. The summed E-state index contributed by atoms with van der Waals surface area (Å²) in [5, 5.41) is 16.6. The molecule has 0 spiro atoms. The maximum absolute atomic E-state index is 8.43. The molecule has 0 unspecified atom stereocenters. The molecule has 2 nitrogen and oxygen atoms in total. The fourth-order valence-corrected chi connectivity index (χ4v) is 1.27.